The minimum absolute atomic E-state index is 0. The van der Waals surface area contributed by atoms with Crippen molar-refractivity contribution >= 4 is 12.2 Å². The van der Waals surface area contributed by atoms with Gasteiger partial charge in [0, 0.05) is 18.6 Å². The summed E-state index contributed by atoms with van der Waals surface area (Å²) in [6, 6.07) is 0. The zero-order valence-corrected chi connectivity index (χ0v) is 8.69. The van der Waals surface area contributed by atoms with E-state index in [0.717, 1.165) is 0 Å². The van der Waals surface area contributed by atoms with Crippen LogP contribution in [0.25, 0.3) is 6.20 Å². The van der Waals surface area contributed by atoms with E-state index in [1.165, 1.54) is 19.3 Å². The van der Waals surface area contributed by atoms with E-state index in [1.54, 1.807) is 10.8 Å². The van der Waals surface area contributed by atoms with Gasteiger partial charge in [0.05, 0.1) is 11.9 Å². The summed E-state index contributed by atoms with van der Waals surface area (Å²) in [5.74, 6) is -1.41. The van der Waals surface area contributed by atoms with Gasteiger partial charge in [-0.05, 0) is 0 Å². The Bertz CT molecular complexity index is 309. The number of carboxylic acid groups (broad SMARTS) is 1. The SMILES string of the molecule is C=Cn1ccnc1C(C)C(=O)[O-].[Br+]. The van der Waals surface area contributed by atoms with Crippen LogP contribution in [-0.4, -0.2) is 15.5 Å². The third-order valence-corrected chi connectivity index (χ3v) is 1.64. The zero-order valence-electron chi connectivity index (χ0n) is 7.11. The lowest BCUT2D eigenvalue weighted by Crippen LogP contribution is -2.29. The molecule has 0 aromatic carbocycles. The second-order valence-corrected chi connectivity index (χ2v) is 2.42. The molecule has 0 spiro atoms. The Hall–Kier alpha value is -1.10. The van der Waals surface area contributed by atoms with Gasteiger partial charge in [0.2, 0.25) is 0 Å². The molecule has 0 N–H and O–H groups in total. The van der Waals surface area contributed by atoms with Gasteiger partial charge in [-0.3, -0.25) is 0 Å². The number of halogens is 1. The molecule has 1 unspecified atom stereocenters. The standard InChI is InChI=1S/C8H10N2O2.Br/c1-3-10-5-4-9-7(10)6(2)8(11)12;/h3-6H,1H2,2H3,(H,11,12);/q;+1/p-1. The molecule has 0 fully saturated rings. The molecule has 4 nitrogen and oxygen atoms in total. The molecule has 1 aromatic heterocycles. The Kier molecular flexibility index (Phi) is 4.40. The molecule has 1 heterocycles. The van der Waals surface area contributed by atoms with Gasteiger partial charge in [0.1, 0.15) is 5.82 Å². The molecule has 0 aliphatic heterocycles. The highest BCUT2D eigenvalue weighted by molar-refractivity contribution is 5.72. The minimum atomic E-state index is -1.13. The topological polar surface area (TPSA) is 58.0 Å². The van der Waals surface area contributed by atoms with Gasteiger partial charge in [-0.2, -0.15) is 0 Å². The molecule has 1 aromatic rings. The van der Waals surface area contributed by atoms with Crippen LogP contribution in [0.4, 0.5) is 0 Å². The molecule has 13 heavy (non-hydrogen) atoms. The fraction of sp³-hybridized carbons (Fsp3) is 0.250. The molecule has 0 aliphatic carbocycles. The van der Waals surface area contributed by atoms with Gasteiger partial charge in [-0.15, -0.1) is 0 Å². The van der Waals surface area contributed by atoms with E-state index >= 15 is 0 Å². The lowest BCUT2D eigenvalue weighted by molar-refractivity contribution is -0.307. The lowest BCUT2D eigenvalue weighted by Gasteiger charge is -2.11. The van der Waals surface area contributed by atoms with Crippen LogP contribution >= 0.6 is 0 Å². The normalized spacial score (nSPS) is 11.5. The summed E-state index contributed by atoms with van der Waals surface area (Å²) < 4.78 is 1.56. The molecule has 0 bridgehead atoms. The van der Waals surface area contributed by atoms with Gasteiger partial charge in [-0.25, -0.2) is 4.98 Å². The van der Waals surface area contributed by atoms with Gasteiger partial charge in [0.15, 0.2) is 0 Å². The van der Waals surface area contributed by atoms with E-state index in [1.807, 2.05) is 0 Å². The first-order valence-corrected chi connectivity index (χ1v) is 3.53. The maximum absolute atomic E-state index is 10.5. The molecule has 0 amide bonds. The molecule has 0 aliphatic rings. The largest absolute Gasteiger partial charge is 1.00 e. The minimum Gasteiger partial charge on any atom is -0.549 e. The van der Waals surface area contributed by atoms with Crippen LogP contribution in [0.5, 0.6) is 0 Å². The van der Waals surface area contributed by atoms with E-state index in [2.05, 4.69) is 11.6 Å². The number of rotatable bonds is 3. The van der Waals surface area contributed by atoms with Crippen molar-refractivity contribution in [1.82, 2.24) is 9.55 Å². The first kappa shape index (κ1) is 11.9. The first-order valence-electron chi connectivity index (χ1n) is 3.53. The smallest absolute Gasteiger partial charge is 0.549 e. The molecular weight excluding hydrogens is 236 g/mol. The second kappa shape index (κ2) is 4.81. The van der Waals surface area contributed by atoms with Crippen molar-refractivity contribution in [1.29, 1.82) is 0 Å². The molecule has 1 rings (SSSR count). The monoisotopic (exact) mass is 244 g/mol. The van der Waals surface area contributed by atoms with E-state index in [4.69, 9.17) is 0 Å². The zero-order chi connectivity index (χ0) is 9.14. The van der Waals surface area contributed by atoms with E-state index in [9.17, 15) is 9.90 Å². The number of aromatic nitrogens is 2. The molecule has 5 heteroatoms. The van der Waals surface area contributed by atoms with Crippen molar-refractivity contribution in [2.75, 3.05) is 0 Å². The molecule has 0 saturated carbocycles. The molecule has 0 saturated heterocycles. The Labute approximate surface area is 86.7 Å². The highest BCUT2D eigenvalue weighted by Crippen LogP contribution is 2.11. The fourth-order valence-electron chi connectivity index (χ4n) is 0.920. The average molecular weight is 245 g/mol. The van der Waals surface area contributed by atoms with Crippen LogP contribution in [0.2, 0.25) is 0 Å². The van der Waals surface area contributed by atoms with Crippen molar-refractivity contribution in [3.05, 3.63) is 24.8 Å². The summed E-state index contributed by atoms with van der Waals surface area (Å²) in [5.41, 5.74) is 0. The maximum Gasteiger partial charge on any atom is 1.00 e. The van der Waals surface area contributed by atoms with Crippen LogP contribution in [-0.2, 0) is 4.79 Å². The van der Waals surface area contributed by atoms with E-state index < -0.39 is 11.9 Å². The number of hydrogen-bond donors (Lipinski definition) is 0. The first-order chi connectivity index (χ1) is 5.66. The van der Waals surface area contributed by atoms with Crippen LogP contribution in [0.1, 0.15) is 18.7 Å². The van der Waals surface area contributed by atoms with Crippen LogP contribution in [0.15, 0.2) is 19.0 Å². The summed E-state index contributed by atoms with van der Waals surface area (Å²) in [6.07, 6.45) is 4.67. The predicted molar refractivity (Wildman–Crippen MR) is 42.0 cm³/mol. The third kappa shape index (κ3) is 2.42. The summed E-state index contributed by atoms with van der Waals surface area (Å²) >= 11 is 0. The van der Waals surface area contributed by atoms with Crippen molar-refractivity contribution in [2.45, 2.75) is 12.8 Å². The van der Waals surface area contributed by atoms with E-state index in [0.29, 0.717) is 5.82 Å². The number of carboxylic acids is 1. The van der Waals surface area contributed by atoms with Crippen molar-refractivity contribution in [3.8, 4) is 0 Å². The summed E-state index contributed by atoms with van der Waals surface area (Å²) in [4.78, 5) is 14.3. The Morgan fingerprint density at radius 1 is 1.85 bits per heavy atom. The number of carbonyl (C=O) groups excluding carboxylic acids is 1. The Balaban J connectivity index is 0.00000144. The van der Waals surface area contributed by atoms with Gasteiger partial charge in [-0.1, -0.05) is 13.5 Å². The predicted octanol–water partition coefficient (Wildman–Crippen LogP) is -0.163. The number of imidazole rings is 1. The summed E-state index contributed by atoms with van der Waals surface area (Å²) in [6.45, 7) is 5.04. The van der Waals surface area contributed by atoms with Crippen molar-refractivity contribution in [2.24, 2.45) is 0 Å². The van der Waals surface area contributed by atoms with Gasteiger partial charge < -0.3 is 14.5 Å². The maximum atomic E-state index is 10.5. The Morgan fingerprint density at radius 3 is 2.92 bits per heavy atom. The fourth-order valence-corrected chi connectivity index (χ4v) is 0.920. The number of nitrogens with zero attached hydrogens (tertiary/aromatic N) is 2. The highest BCUT2D eigenvalue weighted by Gasteiger charge is 2.10. The number of carbonyl (C=O) groups is 1. The average Bonchev–Trinajstić information content (AvgIpc) is 2.49. The van der Waals surface area contributed by atoms with Crippen LogP contribution in [0, 0.1) is 17.0 Å². The van der Waals surface area contributed by atoms with Crippen LogP contribution in [0.3, 0.4) is 0 Å². The van der Waals surface area contributed by atoms with Crippen LogP contribution < -0.4 is 5.11 Å². The quantitative estimate of drug-likeness (QED) is 0.743. The molecule has 1 atom stereocenters. The molecule has 70 valence electrons. The van der Waals surface area contributed by atoms with Crippen molar-refractivity contribution < 1.29 is 26.9 Å². The van der Waals surface area contributed by atoms with E-state index in [-0.39, 0.29) is 17.0 Å². The molecular formula is C8H9BrN2O2. The summed E-state index contributed by atoms with van der Waals surface area (Å²) in [5, 5.41) is 10.5. The number of hydrogen-bond acceptors (Lipinski definition) is 3. The van der Waals surface area contributed by atoms with Gasteiger partial charge >= 0.3 is 17.0 Å². The number of aliphatic carboxylic acids is 1. The highest BCUT2D eigenvalue weighted by atomic mass is 79.9. The molecule has 2 radical (unpaired) electrons. The second-order valence-electron chi connectivity index (χ2n) is 2.42. The Morgan fingerprint density at radius 2 is 2.46 bits per heavy atom. The van der Waals surface area contributed by atoms with Gasteiger partial charge in [0.25, 0.3) is 0 Å². The lowest BCUT2D eigenvalue weighted by atomic mass is 10.2. The summed E-state index contributed by atoms with van der Waals surface area (Å²) in [7, 11) is 0. The third-order valence-electron chi connectivity index (χ3n) is 1.64. The van der Waals surface area contributed by atoms with Crippen molar-refractivity contribution in [3.63, 3.8) is 0 Å².